The smallest absolute Gasteiger partial charge is 0.341 e. The molecule has 0 saturated heterocycles. The largest absolute Gasteiger partial charge is 0.490 e. The van der Waals surface area contributed by atoms with Gasteiger partial charge < -0.3 is 25.2 Å². The maximum atomic E-state index is 12.2. The van der Waals surface area contributed by atoms with E-state index in [9.17, 15) is 14.4 Å². The highest BCUT2D eigenvalue weighted by Gasteiger charge is 2.13. The normalized spacial score (nSPS) is 10.1. The Morgan fingerprint density at radius 3 is 2.41 bits per heavy atom. The number of amides is 2. The maximum absolute atomic E-state index is 12.2. The lowest BCUT2D eigenvalue weighted by molar-refractivity contribution is -0.139. The second-order valence-corrected chi connectivity index (χ2v) is 6.21. The first-order valence-corrected chi connectivity index (χ1v) is 9.10. The average molecular weight is 392 g/mol. The molecule has 144 valence electrons. The summed E-state index contributed by atoms with van der Waals surface area (Å²) in [6.45, 7) is 2.15. The third-order valence-electron chi connectivity index (χ3n) is 3.30. The molecule has 8 nitrogen and oxygen atoms in total. The molecule has 27 heavy (non-hydrogen) atoms. The van der Waals surface area contributed by atoms with Crippen LogP contribution in [0.15, 0.2) is 35.7 Å². The van der Waals surface area contributed by atoms with Crippen LogP contribution in [0, 0.1) is 0 Å². The summed E-state index contributed by atoms with van der Waals surface area (Å²) >= 11 is 1.34. The SMILES string of the molecule is CCOc1cc(C(=O)NCCNC(=O)c2cccs2)ccc1OCC(=O)O. The molecule has 2 rings (SSSR count). The van der Waals surface area contributed by atoms with Crippen LogP contribution in [0.2, 0.25) is 0 Å². The van der Waals surface area contributed by atoms with Crippen LogP contribution >= 0.6 is 11.3 Å². The fraction of sp³-hybridized carbons (Fsp3) is 0.278. The van der Waals surface area contributed by atoms with Crippen LogP contribution in [0.3, 0.4) is 0 Å². The van der Waals surface area contributed by atoms with Crippen LogP contribution in [0.25, 0.3) is 0 Å². The van der Waals surface area contributed by atoms with E-state index in [1.807, 2.05) is 5.38 Å². The van der Waals surface area contributed by atoms with Crippen molar-refractivity contribution in [1.29, 1.82) is 0 Å². The molecule has 2 aromatic rings. The summed E-state index contributed by atoms with van der Waals surface area (Å²) in [6.07, 6.45) is 0. The van der Waals surface area contributed by atoms with E-state index in [1.54, 1.807) is 19.1 Å². The topological polar surface area (TPSA) is 114 Å². The first-order valence-electron chi connectivity index (χ1n) is 8.22. The van der Waals surface area contributed by atoms with Gasteiger partial charge in [0.15, 0.2) is 18.1 Å². The molecule has 0 aliphatic carbocycles. The second-order valence-electron chi connectivity index (χ2n) is 5.27. The lowest BCUT2D eigenvalue weighted by atomic mass is 10.2. The lowest BCUT2D eigenvalue weighted by Gasteiger charge is -2.12. The van der Waals surface area contributed by atoms with E-state index in [1.165, 1.54) is 29.5 Å². The number of carboxylic acids is 1. The summed E-state index contributed by atoms with van der Waals surface area (Å²) in [7, 11) is 0. The van der Waals surface area contributed by atoms with Gasteiger partial charge in [-0.25, -0.2) is 4.79 Å². The van der Waals surface area contributed by atoms with Crippen molar-refractivity contribution in [3.63, 3.8) is 0 Å². The van der Waals surface area contributed by atoms with Crippen LogP contribution < -0.4 is 20.1 Å². The second kappa shape index (κ2) is 10.2. The van der Waals surface area contributed by atoms with Crippen LogP contribution in [0.1, 0.15) is 27.0 Å². The Kier molecular flexibility index (Phi) is 7.63. The van der Waals surface area contributed by atoms with Gasteiger partial charge in [0.25, 0.3) is 11.8 Å². The van der Waals surface area contributed by atoms with Crippen molar-refractivity contribution in [3.05, 3.63) is 46.2 Å². The number of carbonyl (C=O) groups is 3. The average Bonchev–Trinajstić information content (AvgIpc) is 3.18. The zero-order valence-electron chi connectivity index (χ0n) is 14.7. The van der Waals surface area contributed by atoms with E-state index in [2.05, 4.69) is 10.6 Å². The van der Waals surface area contributed by atoms with Crippen LogP contribution in [-0.4, -0.2) is 49.2 Å². The fourth-order valence-corrected chi connectivity index (χ4v) is 2.77. The summed E-state index contributed by atoms with van der Waals surface area (Å²) in [4.78, 5) is 35.3. The number of carbonyl (C=O) groups excluding carboxylic acids is 2. The Labute approximate surface area is 160 Å². The highest BCUT2D eigenvalue weighted by Crippen LogP contribution is 2.28. The summed E-state index contributed by atoms with van der Waals surface area (Å²) in [5, 5.41) is 15.9. The monoisotopic (exact) mass is 392 g/mol. The lowest BCUT2D eigenvalue weighted by Crippen LogP contribution is -2.34. The molecule has 2 amide bonds. The molecule has 0 spiro atoms. The van der Waals surface area contributed by atoms with Crippen molar-refractivity contribution in [1.82, 2.24) is 10.6 Å². The van der Waals surface area contributed by atoms with Gasteiger partial charge in [0.05, 0.1) is 11.5 Å². The van der Waals surface area contributed by atoms with Gasteiger partial charge in [0, 0.05) is 18.7 Å². The van der Waals surface area contributed by atoms with Crippen LogP contribution in [0.5, 0.6) is 11.5 Å². The van der Waals surface area contributed by atoms with Gasteiger partial charge in [0.1, 0.15) is 0 Å². The van der Waals surface area contributed by atoms with E-state index in [4.69, 9.17) is 14.6 Å². The minimum Gasteiger partial charge on any atom is -0.490 e. The standard InChI is InChI=1S/C18H20N2O6S/c1-2-25-14-10-12(5-6-13(14)26-11-16(21)22)17(23)19-7-8-20-18(24)15-4-3-9-27-15/h3-6,9-10H,2,7-8,11H2,1H3,(H,19,23)(H,20,24)(H,21,22). The minimum absolute atomic E-state index is 0.183. The molecular formula is C18H20N2O6S. The number of hydrogen-bond donors (Lipinski definition) is 3. The zero-order chi connectivity index (χ0) is 19.6. The summed E-state index contributed by atoms with van der Waals surface area (Å²) < 4.78 is 10.5. The summed E-state index contributed by atoms with van der Waals surface area (Å²) in [5.74, 6) is -1.09. The molecule has 0 fully saturated rings. The maximum Gasteiger partial charge on any atom is 0.341 e. The van der Waals surface area contributed by atoms with Crippen molar-refractivity contribution < 1.29 is 29.0 Å². The van der Waals surface area contributed by atoms with Gasteiger partial charge in [-0.15, -0.1) is 11.3 Å². The van der Waals surface area contributed by atoms with Crippen molar-refractivity contribution in [2.75, 3.05) is 26.3 Å². The first kappa shape index (κ1) is 20.2. The molecule has 1 aromatic heterocycles. The number of carboxylic acid groups (broad SMARTS) is 1. The summed E-state index contributed by atoms with van der Waals surface area (Å²) in [5.41, 5.74) is 0.339. The molecular weight excluding hydrogens is 372 g/mol. The van der Waals surface area contributed by atoms with E-state index in [0.717, 1.165) is 0 Å². The Hall–Kier alpha value is -3.07. The molecule has 0 aliphatic heterocycles. The van der Waals surface area contributed by atoms with Gasteiger partial charge in [-0.05, 0) is 36.6 Å². The van der Waals surface area contributed by atoms with Gasteiger partial charge in [-0.3, -0.25) is 9.59 Å². The number of thiophene rings is 1. The number of aliphatic carboxylic acids is 1. The van der Waals surface area contributed by atoms with Crippen molar-refractivity contribution in [3.8, 4) is 11.5 Å². The highest BCUT2D eigenvalue weighted by molar-refractivity contribution is 7.12. The van der Waals surface area contributed by atoms with Gasteiger partial charge in [-0.2, -0.15) is 0 Å². The molecule has 9 heteroatoms. The highest BCUT2D eigenvalue weighted by atomic mass is 32.1. The van der Waals surface area contributed by atoms with E-state index >= 15 is 0 Å². The van der Waals surface area contributed by atoms with E-state index in [-0.39, 0.29) is 29.9 Å². The third-order valence-corrected chi connectivity index (χ3v) is 4.17. The van der Waals surface area contributed by atoms with Crippen LogP contribution in [0.4, 0.5) is 0 Å². The molecule has 1 aromatic carbocycles. The Morgan fingerprint density at radius 2 is 1.78 bits per heavy atom. The third kappa shape index (κ3) is 6.30. The Morgan fingerprint density at radius 1 is 1.04 bits per heavy atom. The first-order chi connectivity index (χ1) is 13.0. The van der Waals surface area contributed by atoms with Gasteiger partial charge in [0.2, 0.25) is 0 Å². The molecule has 0 atom stereocenters. The number of benzene rings is 1. The molecule has 1 heterocycles. The molecule has 0 radical (unpaired) electrons. The summed E-state index contributed by atoms with van der Waals surface area (Å²) in [6, 6.07) is 8.00. The van der Waals surface area contributed by atoms with Gasteiger partial charge >= 0.3 is 5.97 Å². The van der Waals surface area contributed by atoms with Crippen molar-refractivity contribution in [2.24, 2.45) is 0 Å². The predicted octanol–water partition coefficient (Wildman–Crippen LogP) is 1.77. The fourth-order valence-electron chi connectivity index (χ4n) is 2.13. The van der Waals surface area contributed by atoms with E-state index in [0.29, 0.717) is 23.6 Å². The molecule has 3 N–H and O–H groups in total. The van der Waals surface area contributed by atoms with Crippen LogP contribution in [-0.2, 0) is 4.79 Å². The van der Waals surface area contributed by atoms with Crippen molar-refractivity contribution in [2.45, 2.75) is 6.92 Å². The molecule has 0 bridgehead atoms. The minimum atomic E-state index is -1.11. The zero-order valence-corrected chi connectivity index (χ0v) is 15.5. The quantitative estimate of drug-likeness (QED) is 0.531. The molecule has 0 aliphatic rings. The predicted molar refractivity (Wildman–Crippen MR) is 99.7 cm³/mol. The number of hydrogen-bond acceptors (Lipinski definition) is 6. The van der Waals surface area contributed by atoms with Gasteiger partial charge in [-0.1, -0.05) is 6.07 Å². The number of ether oxygens (including phenoxy) is 2. The Balaban J connectivity index is 1.88. The van der Waals surface area contributed by atoms with Crippen molar-refractivity contribution >= 4 is 29.1 Å². The number of nitrogens with one attached hydrogen (secondary N) is 2. The van der Waals surface area contributed by atoms with E-state index < -0.39 is 12.6 Å². The number of rotatable bonds is 10. The molecule has 0 saturated carbocycles. The molecule has 0 unspecified atom stereocenters. The Bertz CT molecular complexity index is 791.